The summed E-state index contributed by atoms with van der Waals surface area (Å²) >= 11 is 0. The highest BCUT2D eigenvalue weighted by atomic mass is 16.5. The minimum Gasteiger partial charge on any atom is -0.464 e. The fraction of sp³-hybridized carbons (Fsp3) is 0.750. The van der Waals surface area contributed by atoms with Crippen molar-refractivity contribution in [3.05, 3.63) is 23.2 Å². The maximum Gasteiger partial charge on any atom is 0.130 e. The number of nitrogens with one attached hydrogen (secondary N) is 1. The van der Waals surface area contributed by atoms with Crippen LogP contribution < -0.4 is 5.32 Å². The standard InChI is InChI=1S/C16H25NO3/c1-12-13(9-17-14-5-6-14)8-16(20-12)11-18-10-15-4-2-3-7-19-15/h8,14-15,17H,2-7,9-11H2,1H3. The lowest BCUT2D eigenvalue weighted by Crippen LogP contribution is -2.24. The molecular weight excluding hydrogens is 254 g/mol. The van der Waals surface area contributed by atoms with Crippen LogP contribution in [0.3, 0.4) is 0 Å². The van der Waals surface area contributed by atoms with Crippen molar-refractivity contribution in [2.24, 2.45) is 0 Å². The first-order valence-electron chi connectivity index (χ1n) is 7.82. The normalized spacial score (nSPS) is 23.1. The van der Waals surface area contributed by atoms with Crippen LogP contribution in [0.1, 0.15) is 49.2 Å². The van der Waals surface area contributed by atoms with E-state index in [0.29, 0.717) is 13.2 Å². The van der Waals surface area contributed by atoms with E-state index < -0.39 is 0 Å². The number of hydrogen-bond acceptors (Lipinski definition) is 4. The van der Waals surface area contributed by atoms with Gasteiger partial charge >= 0.3 is 0 Å². The molecule has 0 spiro atoms. The lowest BCUT2D eigenvalue weighted by molar-refractivity contribution is -0.0472. The largest absolute Gasteiger partial charge is 0.464 e. The first-order valence-corrected chi connectivity index (χ1v) is 7.82. The van der Waals surface area contributed by atoms with Crippen molar-refractivity contribution >= 4 is 0 Å². The van der Waals surface area contributed by atoms with Gasteiger partial charge in [0.05, 0.1) is 12.7 Å². The molecular formula is C16H25NO3. The molecule has 1 saturated carbocycles. The van der Waals surface area contributed by atoms with Crippen molar-refractivity contribution in [2.75, 3.05) is 13.2 Å². The monoisotopic (exact) mass is 279 g/mol. The van der Waals surface area contributed by atoms with Crippen molar-refractivity contribution in [2.45, 2.75) is 64.3 Å². The molecule has 2 aliphatic rings. The second-order valence-corrected chi connectivity index (χ2v) is 5.95. The average Bonchev–Trinajstić information content (AvgIpc) is 3.22. The molecule has 0 amide bonds. The Morgan fingerprint density at radius 2 is 2.20 bits per heavy atom. The van der Waals surface area contributed by atoms with E-state index in [0.717, 1.165) is 37.1 Å². The highest BCUT2D eigenvalue weighted by Crippen LogP contribution is 2.21. The smallest absolute Gasteiger partial charge is 0.130 e. The maximum atomic E-state index is 5.75. The quantitative estimate of drug-likeness (QED) is 0.833. The highest BCUT2D eigenvalue weighted by Gasteiger charge is 2.21. The Labute approximate surface area is 120 Å². The molecule has 1 aliphatic carbocycles. The number of hydrogen-bond donors (Lipinski definition) is 1. The zero-order chi connectivity index (χ0) is 13.8. The molecule has 1 aromatic rings. The summed E-state index contributed by atoms with van der Waals surface area (Å²) in [6, 6.07) is 2.85. The molecule has 1 saturated heterocycles. The number of aryl methyl sites for hydroxylation is 1. The van der Waals surface area contributed by atoms with Crippen molar-refractivity contribution in [3.63, 3.8) is 0 Å². The Hall–Kier alpha value is -0.840. The molecule has 0 bridgehead atoms. The van der Waals surface area contributed by atoms with Gasteiger partial charge in [0, 0.05) is 24.8 Å². The van der Waals surface area contributed by atoms with Gasteiger partial charge in [0.25, 0.3) is 0 Å². The summed E-state index contributed by atoms with van der Waals surface area (Å²) in [4.78, 5) is 0. The zero-order valence-electron chi connectivity index (χ0n) is 12.3. The van der Waals surface area contributed by atoms with E-state index in [1.165, 1.54) is 31.2 Å². The molecule has 1 aromatic heterocycles. The van der Waals surface area contributed by atoms with Crippen molar-refractivity contribution in [3.8, 4) is 0 Å². The molecule has 1 unspecified atom stereocenters. The Bertz CT molecular complexity index is 419. The Balaban J connectivity index is 1.41. The van der Waals surface area contributed by atoms with E-state index in [-0.39, 0.29) is 6.10 Å². The molecule has 1 aliphatic heterocycles. The maximum absolute atomic E-state index is 5.75. The van der Waals surface area contributed by atoms with Crippen LogP contribution in [0.25, 0.3) is 0 Å². The van der Waals surface area contributed by atoms with Gasteiger partial charge < -0.3 is 19.2 Å². The van der Waals surface area contributed by atoms with Crippen LogP contribution in [0.5, 0.6) is 0 Å². The van der Waals surface area contributed by atoms with Crippen LogP contribution in [-0.4, -0.2) is 25.4 Å². The Morgan fingerprint density at radius 1 is 1.30 bits per heavy atom. The third-order valence-corrected chi connectivity index (χ3v) is 4.05. The Kier molecular flexibility index (Phi) is 4.76. The van der Waals surface area contributed by atoms with E-state index >= 15 is 0 Å². The number of furan rings is 1. The topological polar surface area (TPSA) is 43.6 Å². The molecule has 2 fully saturated rings. The van der Waals surface area contributed by atoms with Crippen molar-refractivity contribution < 1.29 is 13.9 Å². The van der Waals surface area contributed by atoms with Crippen LogP contribution in [0.15, 0.2) is 10.5 Å². The molecule has 0 radical (unpaired) electrons. The van der Waals surface area contributed by atoms with Gasteiger partial charge in [0.15, 0.2) is 0 Å². The van der Waals surface area contributed by atoms with Crippen LogP contribution >= 0.6 is 0 Å². The summed E-state index contributed by atoms with van der Waals surface area (Å²) in [5.74, 6) is 1.93. The van der Waals surface area contributed by atoms with Crippen molar-refractivity contribution in [1.82, 2.24) is 5.32 Å². The molecule has 112 valence electrons. The predicted octanol–water partition coefficient (Wildman–Crippen LogP) is 2.93. The van der Waals surface area contributed by atoms with E-state index in [4.69, 9.17) is 13.9 Å². The molecule has 4 heteroatoms. The molecule has 2 heterocycles. The van der Waals surface area contributed by atoms with E-state index in [2.05, 4.69) is 11.4 Å². The lowest BCUT2D eigenvalue weighted by atomic mass is 10.1. The van der Waals surface area contributed by atoms with Crippen LogP contribution in [0, 0.1) is 6.92 Å². The number of ether oxygens (including phenoxy) is 2. The van der Waals surface area contributed by atoms with Gasteiger partial charge in [-0.05, 0) is 45.1 Å². The molecule has 4 nitrogen and oxygen atoms in total. The first-order chi connectivity index (χ1) is 9.81. The van der Waals surface area contributed by atoms with Crippen LogP contribution in [-0.2, 0) is 22.6 Å². The molecule has 0 aromatic carbocycles. The average molecular weight is 279 g/mol. The molecule has 1 N–H and O–H groups in total. The highest BCUT2D eigenvalue weighted by molar-refractivity contribution is 5.20. The molecule has 20 heavy (non-hydrogen) atoms. The van der Waals surface area contributed by atoms with Crippen LogP contribution in [0.2, 0.25) is 0 Å². The van der Waals surface area contributed by atoms with Crippen molar-refractivity contribution in [1.29, 1.82) is 0 Å². The zero-order valence-corrected chi connectivity index (χ0v) is 12.3. The summed E-state index contributed by atoms with van der Waals surface area (Å²) in [6.45, 7) is 5.04. The second-order valence-electron chi connectivity index (χ2n) is 5.95. The molecule has 1 atom stereocenters. The second kappa shape index (κ2) is 6.74. The first kappa shape index (κ1) is 14.1. The van der Waals surface area contributed by atoms with E-state index in [9.17, 15) is 0 Å². The number of rotatable bonds is 7. The fourth-order valence-corrected chi connectivity index (χ4v) is 2.61. The van der Waals surface area contributed by atoms with Gasteiger partial charge in [-0.2, -0.15) is 0 Å². The van der Waals surface area contributed by atoms with Gasteiger partial charge in [-0.25, -0.2) is 0 Å². The fourth-order valence-electron chi connectivity index (χ4n) is 2.61. The third kappa shape index (κ3) is 4.08. The van der Waals surface area contributed by atoms with Gasteiger partial charge in [-0.3, -0.25) is 0 Å². The summed E-state index contributed by atoms with van der Waals surface area (Å²) in [7, 11) is 0. The SMILES string of the molecule is Cc1oc(COCC2CCCCO2)cc1CNC1CC1. The third-order valence-electron chi connectivity index (χ3n) is 4.05. The summed E-state index contributed by atoms with van der Waals surface area (Å²) in [5.41, 5.74) is 1.25. The van der Waals surface area contributed by atoms with E-state index in [1.54, 1.807) is 0 Å². The lowest BCUT2D eigenvalue weighted by Gasteiger charge is -2.21. The van der Waals surface area contributed by atoms with Gasteiger partial charge in [-0.15, -0.1) is 0 Å². The van der Waals surface area contributed by atoms with Gasteiger partial charge in [0.2, 0.25) is 0 Å². The predicted molar refractivity (Wildman–Crippen MR) is 76.6 cm³/mol. The summed E-state index contributed by atoms with van der Waals surface area (Å²) in [6.07, 6.45) is 6.46. The minimum atomic E-state index is 0.274. The minimum absolute atomic E-state index is 0.274. The molecule has 3 rings (SSSR count). The Morgan fingerprint density at radius 3 is 2.95 bits per heavy atom. The summed E-state index contributed by atoms with van der Waals surface area (Å²) in [5, 5.41) is 3.51. The van der Waals surface area contributed by atoms with E-state index in [1.807, 2.05) is 6.92 Å². The van der Waals surface area contributed by atoms with Gasteiger partial charge in [0.1, 0.15) is 18.1 Å². The van der Waals surface area contributed by atoms with Crippen LogP contribution in [0.4, 0.5) is 0 Å². The van der Waals surface area contributed by atoms with Gasteiger partial charge in [-0.1, -0.05) is 0 Å². The summed E-state index contributed by atoms with van der Waals surface area (Å²) < 4.78 is 17.1.